The predicted molar refractivity (Wildman–Crippen MR) is 70.7 cm³/mol. The summed E-state index contributed by atoms with van der Waals surface area (Å²) in [7, 11) is 3.62. The van der Waals surface area contributed by atoms with Gasteiger partial charge in [-0.05, 0) is 30.2 Å². The Labute approximate surface area is 103 Å². The van der Waals surface area contributed by atoms with Crippen LogP contribution in [0, 0.1) is 0 Å². The summed E-state index contributed by atoms with van der Waals surface area (Å²) in [5.41, 5.74) is 7.63. The summed E-state index contributed by atoms with van der Waals surface area (Å²) in [6.45, 7) is 2.91. The maximum Gasteiger partial charge on any atom is 0.122 e. The number of anilines is 1. The van der Waals surface area contributed by atoms with Gasteiger partial charge in [-0.2, -0.15) is 0 Å². The summed E-state index contributed by atoms with van der Waals surface area (Å²) in [4.78, 5) is 2.00. The fourth-order valence-corrected chi connectivity index (χ4v) is 1.77. The first kappa shape index (κ1) is 13.8. The maximum atomic E-state index is 9.53. The molecule has 0 aliphatic heterocycles. The summed E-state index contributed by atoms with van der Waals surface area (Å²) >= 11 is 0. The molecule has 17 heavy (non-hydrogen) atoms. The van der Waals surface area contributed by atoms with Crippen molar-refractivity contribution in [2.45, 2.75) is 19.4 Å². The summed E-state index contributed by atoms with van der Waals surface area (Å²) < 4.78 is 5.29. The lowest BCUT2D eigenvalue weighted by molar-refractivity contribution is 0.189. The van der Waals surface area contributed by atoms with Crippen molar-refractivity contribution in [3.63, 3.8) is 0 Å². The Morgan fingerprint density at radius 3 is 2.71 bits per heavy atom. The van der Waals surface area contributed by atoms with Crippen molar-refractivity contribution >= 4 is 5.69 Å². The number of aliphatic hydroxyl groups is 1. The first-order valence-electron chi connectivity index (χ1n) is 5.88. The summed E-state index contributed by atoms with van der Waals surface area (Å²) in [6.07, 6.45) is 0.428. The number of likely N-dealkylation sites (N-methyl/N-ethyl adjacent to an activating group) is 1. The molecule has 1 unspecified atom stereocenters. The van der Waals surface area contributed by atoms with Crippen LogP contribution in [-0.4, -0.2) is 38.5 Å². The molecule has 0 heterocycles. The zero-order valence-corrected chi connectivity index (χ0v) is 10.8. The van der Waals surface area contributed by atoms with E-state index in [2.05, 4.69) is 13.0 Å². The first-order chi connectivity index (χ1) is 8.12. The lowest BCUT2D eigenvalue weighted by atomic mass is 10.1. The molecule has 1 rings (SSSR count). The van der Waals surface area contributed by atoms with Crippen LogP contribution < -0.4 is 15.4 Å². The van der Waals surface area contributed by atoms with E-state index in [0.29, 0.717) is 6.54 Å². The van der Waals surface area contributed by atoms with Crippen molar-refractivity contribution in [2.24, 2.45) is 5.73 Å². The van der Waals surface area contributed by atoms with Gasteiger partial charge in [0.15, 0.2) is 0 Å². The summed E-state index contributed by atoms with van der Waals surface area (Å²) in [5, 5.41) is 9.53. The third-order valence-electron chi connectivity index (χ3n) is 2.84. The van der Waals surface area contributed by atoms with E-state index in [0.717, 1.165) is 17.9 Å². The minimum atomic E-state index is -0.493. The second kappa shape index (κ2) is 6.47. The van der Waals surface area contributed by atoms with Gasteiger partial charge in [0.1, 0.15) is 5.75 Å². The van der Waals surface area contributed by atoms with Crippen LogP contribution in [0.5, 0.6) is 5.75 Å². The highest BCUT2D eigenvalue weighted by Crippen LogP contribution is 2.24. The quantitative estimate of drug-likeness (QED) is 0.776. The fraction of sp³-hybridized carbons (Fsp3) is 0.538. The van der Waals surface area contributed by atoms with Gasteiger partial charge in [-0.3, -0.25) is 0 Å². The number of rotatable bonds is 6. The lowest BCUT2D eigenvalue weighted by Crippen LogP contribution is -2.34. The second-order valence-corrected chi connectivity index (χ2v) is 4.12. The average Bonchev–Trinajstić information content (AvgIpc) is 2.37. The van der Waals surface area contributed by atoms with Gasteiger partial charge in [-0.1, -0.05) is 6.92 Å². The van der Waals surface area contributed by atoms with Crippen molar-refractivity contribution in [2.75, 3.05) is 32.1 Å². The zero-order valence-electron chi connectivity index (χ0n) is 10.8. The number of aliphatic hydroxyl groups excluding tert-OH is 1. The van der Waals surface area contributed by atoms with Crippen LogP contribution in [0.1, 0.15) is 12.5 Å². The van der Waals surface area contributed by atoms with E-state index < -0.39 is 6.10 Å². The van der Waals surface area contributed by atoms with Crippen molar-refractivity contribution < 1.29 is 9.84 Å². The molecule has 1 atom stereocenters. The Bertz CT molecular complexity index is 355. The van der Waals surface area contributed by atoms with E-state index in [1.54, 1.807) is 7.11 Å². The van der Waals surface area contributed by atoms with Crippen molar-refractivity contribution in [1.29, 1.82) is 0 Å². The predicted octanol–water partition coefficient (Wildman–Crippen LogP) is 1.01. The van der Waals surface area contributed by atoms with Crippen LogP contribution in [0.25, 0.3) is 0 Å². The molecular formula is C13H22N2O2. The number of nitrogens with two attached hydrogens (primary N) is 1. The van der Waals surface area contributed by atoms with E-state index in [4.69, 9.17) is 10.5 Å². The van der Waals surface area contributed by atoms with E-state index in [1.807, 2.05) is 24.1 Å². The van der Waals surface area contributed by atoms with E-state index in [1.165, 1.54) is 5.56 Å². The molecule has 0 saturated carbocycles. The van der Waals surface area contributed by atoms with Crippen LogP contribution in [0.15, 0.2) is 18.2 Å². The number of hydrogen-bond acceptors (Lipinski definition) is 4. The fourth-order valence-electron chi connectivity index (χ4n) is 1.77. The third kappa shape index (κ3) is 3.61. The molecule has 0 aliphatic rings. The van der Waals surface area contributed by atoms with Gasteiger partial charge in [0.2, 0.25) is 0 Å². The molecule has 0 aromatic heterocycles. The highest BCUT2D eigenvalue weighted by molar-refractivity contribution is 5.52. The monoisotopic (exact) mass is 238 g/mol. The average molecular weight is 238 g/mol. The van der Waals surface area contributed by atoms with Crippen molar-refractivity contribution in [1.82, 2.24) is 0 Å². The molecule has 0 saturated heterocycles. The second-order valence-electron chi connectivity index (χ2n) is 4.12. The molecule has 0 fully saturated rings. The molecule has 0 aliphatic carbocycles. The molecule has 4 heteroatoms. The summed E-state index contributed by atoms with van der Waals surface area (Å²) in [6, 6.07) is 6.03. The van der Waals surface area contributed by atoms with Crippen molar-refractivity contribution in [3.05, 3.63) is 23.8 Å². The standard InChI is InChI=1S/C13H22N2O2/c1-4-10-7-11(5-6-13(10)17-3)15(2)9-12(16)8-14/h5-7,12,16H,4,8-9,14H2,1-3H3. The van der Waals surface area contributed by atoms with Gasteiger partial charge in [-0.25, -0.2) is 0 Å². The summed E-state index contributed by atoms with van der Waals surface area (Å²) in [5.74, 6) is 0.907. The zero-order chi connectivity index (χ0) is 12.8. The van der Waals surface area contributed by atoms with Gasteiger partial charge in [0, 0.05) is 25.8 Å². The number of nitrogens with zero attached hydrogens (tertiary/aromatic N) is 1. The molecule has 0 amide bonds. The third-order valence-corrected chi connectivity index (χ3v) is 2.84. The largest absolute Gasteiger partial charge is 0.496 e. The van der Waals surface area contributed by atoms with E-state index >= 15 is 0 Å². The Kier molecular flexibility index (Phi) is 5.25. The highest BCUT2D eigenvalue weighted by atomic mass is 16.5. The first-order valence-corrected chi connectivity index (χ1v) is 5.88. The molecule has 0 radical (unpaired) electrons. The van der Waals surface area contributed by atoms with Crippen LogP contribution in [0.4, 0.5) is 5.69 Å². The van der Waals surface area contributed by atoms with Crippen LogP contribution >= 0.6 is 0 Å². The van der Waals surface area contributed by atoms with Gasteiger partial charge in [-0.15, -0.1) is 0 Å². The van der Waals surface area contributed by atoms with Crippen LogP contribution in [-0.2, 0) is 6.42 Å². The molecule has 1 aromatic rings. The molecular weight excluding hydrogens is 216 g/mol. The Morgan fingerprint density at radius 2 is 2.18 bits per heavy atom. The van der Waals surface area contributed by atoms with Gasteiger partial charge in [0.05, 0.1) is 13.2 Å². The van der Waals surface area contributed by atoms with Gasteiger partial charge >= 0.3 is 0 Å². The number of methoxy groups -OCH3 is 1. The minimum absolute atomic E-state index is 0.279. The topological polar surface area (TPSA) is 58.7 Å². The van der Waals surface area contributed by atoms with Gasteiger partial charge < -0.3 is 20.5 Å². The Morgan fingerprint density at radius 1 is 1.47 bits per heavy atom. The molecule has 1 aromatic carbocycles. The number of ether oxygens (including phenoxy) is 1. The number of hydrogen-bond donors (Lipinski definition) is 2. The normalized spacial score (nSPS) is 12.3. The smallest absolute Gasteiger partial charge is 0.122 e. The maximum absolute atomic E-state index is 9.53. The lowest BCUT2D eigenvalue weighted by Gasteiger charge is -2.23. The Balaban J connectivity index is 2.84. The molecule has 4 nitrogen and oxygen atoms in total. The number of benzene rings is 1. The number of aryl methyl sites for hydroxylation is 1. The van der Waals surface area contributed by atoms with E-state index in [9.17, 15) is 5.11 Å². The SMILES string of the molecule is CCc1cc(N(C)CC(O)CN)ccc1OC. The van der Waals surface area contributed by atoms with Crippen LogP contribution in [0.3, 0.4) is 0 Å². The highest BCUT2D eigenvalue weighted by Gasteiger charge is 2.09. The Hall–Kier alpha value is -1.26. The van der Waals surface area contributed by atoms with Crippen LogP contribution in [0.2, 0.25) is 0 Å². The molecule has 0 spiro atoms. The van der Waals surface area contributed by atoms with E-state index in [-0.39, 0.29) is 6.54 Å². The molecule has 3 N–H and O–H groups in total. The minimum Gasteiger partial charge on any atom is -0.496 e. The van der Waals surface area contributed by atoms with Crippen molar-refractivity contribution in [3.8, 4) is 5.75 Å². The molecule has 0 bridgehead atoms. The van der Waals surface area contributed by atoms with Gasteiger partial charge in [0.25, 0.3) is 0 Å². The molecule has 96 valence electrons.